The van der Waals surface area contributed by atoms with E-state index in [2.05, 4.69) is 20.0 Å². The number of ether oxygens (including phenoxy) is 4. The largest absolute Gasteiger partial charge is 0.495 e. The van der Waals surface area contributed by atoms with Gasteiger partial charge < -0.3 is 18.9 Å². The van der Waals surface area contributed by atoms with Gasteiger partial charge in [-0.3, -0.25) is 0 Å². The zero-order valence-corrected chi connectivity index (χ0v) is 20.5. The predicted octanol–water partition coefficient (Wildman–Crippen LogP) is 2.48. The Labute approximate surface area is 202 Å². The lowest BCUT2D eigenvalue weighted by molar-refractivity contribution is 0.305. The van der Waals surface area contributed by atoms with Gasteiger partial charge in [0.05, 0.1) is 21.3 Å². The maximum atomic E-state index is 12.7. The van der Waals surface area contributed by atoms with Gasteiger partial charge in [0.15, 0.2) is 23.0 Å². The Morgan fingerprint density at radius 1 is 0.886 bits per heavy atom. The Hall–Kier alpha value is -3.90. The molecule has 0 radical (unpaired) electrons. The van der Waals surface area contributed by atoms with Gasteiger partial charge in [-0.15, -0.1) is 15.3 Å². The molecule has 0 aliphatic heterocycles. The number of hydrogen-bond acceptors (Lipinski definition) is 9. The van der Waals surface area contributed by atoms with Crippen LogP contribution in [0.25, 0.3) is 17.0 Å². The topological polar surface area (TPSA) is 126 Å². The number of rotatable bonds is 10. The van der Waals surface area contributed by atoms with E-state index in [4.69, 9.17) is 18.9 Å². The van der Waals surface area contributed by atoms with Gasteiger partial charge in [0.2, 0.25) is 15.9 Å². The average Bonchev–Trinajstić information content (AvgIpc) is 3.29. The lowest BCUT2D eigenvalue weighted by Gasteiger charge is -2.12. The van der Waals surface area contributed by atoms with Crippen LogP contribution in [-0.2, 0) is 10.0 Å². The summed E-state index contributed by atoms with van der Waals surface area (Å²) in [6, 6.07) is 13.7. The molecule has 0 aliphatic carbocycles. The van der Waals surface area contributed by atoms with E-state index in [1.807, 2.05) is 13.0 Å². The number of aromatic nitrogens is 4. The molecule has 0 spiro atoms. The van der Waals surface area contributed by atoms with Crippen molar-refractivity contribution in [2.45, 2.75) is 11.8 Å². The third kappa shape index (κ3) is 5.12. The molecule has 184 valence electrons. The van der Waals surface area contributed by atoms with Crippen LogP contribution < -0.4 is 23.7 Å². The lowest BCUT2D eigenvalue weighted by atomic mass is 10.2. The number of fused-ring (bicyclic) bond motifs is 1. The summed E-state index contributed by atoms with van der Waals surface area (Å²) in [4.78, 5) is 0.0728. The Bertz CT molecular complexity index is 1450. The second kappa shape index (κ2) is 10.2. The van der Waals surface area contributed by atoms with Crippen LogP contribution in [0.2, 0.25) is 0 Å². The van der Waals surface area contributed by atoms with Crippen molar-refractivity contribution in [3.63, 3.8) is 0 Å². The fraction of sp³-hybridized carbons (Fsp3) is 0.261. The van der Waals surface area contributed by atoms with Crippen molar-refractivity contribution in [1.29, 1.82) is 0 Å². The zero-order chi connectivity index (χ0) is 25.0. The first-order valence-corrected chi connectivity index (χ1v) is 12.1. The molecule has 2 aromatic heterocycles. The summed E-state index contributed by atoms with van der Waals surface area (Å²) in [6.07, 6.45) is 0. The smallest absolute Gasteiger partial charge is 0.244 e. The number of sulfonamides is 1. The molecule has 2 heterocycles. The number of methoxy groups -OCH3 is 3. The van der Waals surface area contributed by atoms with Crippen LogP contribution in [0.1, 0.15) is 5.56 Å². The molecule has 4 rings (SSSR count). The van der Waals surface area contributed by atoms with Crippen LogP contribution in [-0.4, -0.2) is 62.7 Å². The summed E-state index contributed by atoms with van der Waals surface area (Å²) in [6.45, 7) is 1.90. The van der Waals surface area contributed by atoms with Gasteiger partial charge in [0.1, 0.15) is 17.3 Å². The van der Waals surface area contributed by atoms with Gasteiger partial charge in [-0.05, 0) is 48.9 Å². The van der Waals surface area contributed by atoms with Crippen LogP contribution in [0.15, 0.2) is 53.4 Å². The second-order valence-electron chi connectivity index (χ2n) is 7.44. The maximum absolute atomic E-state index is 12.7. The Kier molecular flexibility index (Phi) is 7.03. The Morgan fingerprint density at radius 3 is 2.37 bits per heavy atom. The molecule has 0 amide bonds. The molecule has 0 saturated heterocycles. The molecule has 0 aliphatic rings. The molecular formula is C23H25N5O6S. The molecule has 35 heavy (non-hydrogen) atoms. The summed E-state index contributed by atoms with van der Waals surface area (Å²) < 4.78 is 51.0. The van der Waals surface area contributed by atoms with Gasteiger partial charge in [-0.2, -0.15) is 4.52 Å². The minimum absolute atomic E-state index is 0.0316. The molecule has 12 heteroatoms. The van der Waals surface area contributed by atoms with E-state index in [1.165, 1.54) is 7.11 Å². The number of benzene rings is 2. The third-order valence-corrected chi connectivity index (χ3v) is 6.62. The summed E-state index contributed by atoms with van der Waals surface area (Å²) in [5.74, 6) is 2.18. The van der Waals surface area contributed by atoms with Crippen LogP contribution in [0.4, 0.5) is 0 Å². The molecular weight excluding hydrogens is 474 g/mol. The molecule has 1 N–H and O–H groups in total. The van der Waals surface area contributed by atoms with Crippen molar-refractivity contribution in [3.8, 4) is 34.5 Å². The zero-order valence-electron chi connectivity index (χ0n) is 19.7. The summed E-state index contributed by atoms with van der Waals surface area (Å²) >= 11 is 0. The highest BCUT2D eigenvalue weighted by atomic mass is 32.2. The highest BCUT2D eigenvalue weighted by molar-refractivity contribution is 7.89. The molecule has 0 fully saturated rings. The van der Waals surface area contributed by atoms with E-state index in [-0.39, 0.29) is 29.7 Å². The van der Waals surface area contributed by atoms with E-state index in [0.717, 1.165) is 11.1 Å². The van der Waals surface area contributed by atoms with Gasteiger partial charge in [0, 0.05) is 18.2 Å². The highest BCUT2D eigenvalue weighted by Crippen LogP contribution is 2.31. The molecule has 0 unspecified atom stereocenters. The Morgan fingerprint density at radius 2 is 1.63 bits per heavy atom. The number of hydrogen-bond donors (Lipinski definition) is 1. The molecule has 0 bridgehead atoms. The summed E-state index contributed by atoms with van der Waals surface area (Å²) in [5, 5.41) is 12.8. The van der Waals surface area contributed by atoms with Crippen molar-refractivity contribution in [3.05, 3.63) is 54.1 Å². The van der Waals surface area contributed by atoms with Gasteiger partial charge in [-0.25, -0.2) is 13.1 Å². The fourth-order valence-electron chi connectivity index (χ4n) is 3.41. The van der Waals surface area contributed by atoms with Crippen molar-refractivity contribution in [1.82, 2.24) is 24.5 Å². The van der Waals surface area contributed by atoms with Crippen molar-refractivity contribution < 1.29 is 27.4 Å². The summed E-state index contributed by atoms with van der Waals surface area (Å²) in [7, 11) is 0.758. The minimum Gasteiger partial charge on any atom is -0.495 e. The van der Waals surface area contributed by atoms with E-state index >= 15 is 0 Å². The quantitative estimate of drug-likeness (QED) is 0.328. The standard InChI is InChI=1S/C23H25N5O6S/c1-15-5-7-18(32-3)20(13-15)35(29,30)24-11-12-34-22-10-9-21-25-26-23(28(21)27-22)16-6-8-17(31-2)19(14-16)33-4/h5-10,13-14,24H,11-12H2,1-4H3. The highest BCUT2D eigenvalue weighted by Gasteiger charge is 2.19. The first kappa shape index (κ1) is 24.2. The predicted molar refractivity (Wildman–Crippen MR) is 128 cm³/mol. The monoisotopic (exact) mass is 499 g/mol. The van der Waals surface area contributed by atoms with Crippen LogP contribution in [0.5, 0.6) is 23.1 Å². The minimum atomic E-state index is -3.78. The lowest BCUT2D eigenvalue weighted by Crippen LogP contribution is -2.28. The molecule has 0 atom stereocenters. The van der Waals surface area contributed by atoms with Crippen LogP contribution in [0, 0.1) is 6.92 Å². The van der Waals surface area contributed by atoms with E-state index in [9.17, 15) is 8.42 Å². The maximum Gasteiger partial charge on any atom is 0.244 e. The van der Waals surface area contributed by atoms with Gasteiger partial charge in [0.25, 0.3) is 0 Å². The SMILES string of the molecule is COc1ccc(-c2nnc3ccc(OCCNS(=O)(=O)c4cc(C)ccc4OC)nn23)cc1OC. The van der Waals surface area contributed by atoms with E-state index < -0.39 is 10.0 Å². The molecule has 0 saturated carbocycles. The Balaban J connectivity index is 1.47. The van der Waals surface area contributed by atoms with Gasteiger partial charge in [-0.1, -0.05) is 6.07 Å². The first-order chi connectivity index (χ1) is 16.9. The van der Waals surface area contributed by atoms with Crippen molar-refractivity contribution in [2.75, 3.05) is 34.5 Å². The fourth-order valence-corrected chi connectivity index (χ4v) is 4.67. The number of aryl methyl sites for hydroxylation is 1. The summed E-state index contributed by atoms with van der Waals surface area (Å²) in [5.41, 5.74) is 2.05. The number of nitrogens with zero attached hydrogens (tertiary/aromatic N) is 4. The van der Waals surface area contributed by atoms with E-state index in [1.54, 1.807) is 61.2 Å². The van der Waals surface area contributed by atoms with Crippen LogP contribution in [0.3, 0.4) is 0 Å². The van der Waals surface area contributed by atoms with E-state index in [0.29, 0.717) is 23.0 Å². The average molecular weight is 500 g/mol. The molecule has 4 aromatic rings. The molecule has 11 nitrogen and oxygen atoms in total. The molecule has 2 aromatic carbocycles. The van der Waals surface area contributed by atoms with Crippen molar-refractivity contribution >= 4 is 15.7 Å². The third-order valence-electron chi connectivity index (χ3n) is 5.13. The number of nitrogens with one attached hydrogen (secondary N) is 1. The first-order valence-electron chi connectivity index (χ1n) is 10.6. The van der Waals surface area contributed by atoms with Crippen molar-refractivity contribution in [2.24, 2.45) is 0 Å². The normalized spacial score (nSPS) is 11.4. The second-order valence-corrected chi connectivity index (χ2v) is 9.17. The van der Waals surface area contributed by atoms with Gasteiger partial charge >= 0.3 is 0 Å². The van der Waals surface area contributed by atoms with Crippen LogP contribution >= 0.6 is 0 Å².